The normalized spacial score (nSPS) is 12.8. The Labute approximate surface area is 145 Å². The fourth-order valence-corrected chi connectivity index (χ4v) is 4.60. The minimum absolute atomic E-state index is 0.230. The Morgan fingerprint density at radius 3 is 2.38 bits per heavy atom. The second kappa shape index (κ2) is 6.21. The Morgan fingerprint density at radius 1 is 1.00 bits per heavy atom. The topological polar surface area (TPSA) is 12.0 Å². The summed E-state index contributed by atoms with van der Waals surface area (Å²) in [6.07, 6.45) is 0. The molecule has 0 aliphatic rings. The molecule has 4 heteroatoms. The van der Waals surface area contributed by atoms with Crippen molar-refractivity contribution < 1.29 is 0 Å². The number of hydrogen-bond acceptors (Lipinski definition) is 2. The third-order valence-electron chi connectivity index (χ3n) is 3.61. The first kappa shape index (κ1) is 15.2. The zero-order chi connectivity index (χ0) is 15.0. The van der Waals surface area contributed by atoms with Crippen molar-refractivity contribution in [3.63, 3.8) is 0 Å². The van der Waals surface area contributed by atoms with E-state index in [1.165, 1.54) is 30.6 Å². The Morgan fingerprint density at radius 2 is 1.71 bits per heavy atom. The maximum Gasteiger partial charge on any atom is 0.0731 e. The summed E-state index contributed by atoms with van der Waals surface area (Å²) in [6, 6.07) is 15.5. The molecule has 0 fully saturated rings. The van der Waals surface area contributed by atoms with E-state index in [1.54, 1.807) is 11.3 Å². The average molecular weight is 425 g/mol. The molecule has 108 valence electrons. The number of fused-ring (bicyclic) bond motifs is 1. The van der Waals surface area contributed by atoms with E-state index in [9.17, 15) is 0 Å². The van der Waals surface area contributed by atoms with Crippen molar-refractivity contribution in [1.82, 2.24) is 5.32 Å². The number of halogens is 2. The van der Waals surface area contributed by atoms with Gasteiger partial charge in [-0.2, -0.15) is 0 Å². The van der Waals surface area contributed by atoms with Crippen LogP contribution in [0.25, 0.3) is 10.8 Å². The zero-order valence-corrected chi connectivity index (χ0v) is 15.8. The second-order valence-electron chi connectivity index (χ2n) is 5.08. The van der Waals surface area contributed by atoms with Gasteiger partial charge in [0.1, 0.15) is 0 Å². The molecule has 1 nitrogen and oxygen atoms in total. The summed E-state index contributed by atoms with van der Waals surface area (Å²) in [5.41, 5.74) is 2.58. The monoisotopic (exact) mass is 423 g/mol. The summed E-state index contributed by atoms with van der Waals surface area (Å²) in [6.45, 7) is 2.13. The molecule has 0 saturated carbocycles. The molecule has 3 aromatic rings. The lowest BCUT2D eigenvalue weighted by Crippen LogP contribution is -2.16. The van der Waals surface area contributed by atoms with E-state index in [1.807, 2.05) is 7.05 Å². The molecule has 1 heterocycles. The van der Waals surface area contributed by atoms with Crippen LogP contribution in [0.1, 0.15) is 22.0 Å². The van der Waals surface area contributed by atoms with Crippen molar-refractivity contribution in [2.75, 3.05) is 7.05 Å². The molecule has 0 spiro atoms. The van der Waals surface area contributed by atoms with Gasteiger partial charge < -0.3 is 5.32 Å². The van der Waals surface area contributed by atoms with Crippen LogP contribution in [0.2, 0.25) is 0 Å². The molecule has 0 aliphatic heterocycles. The van der Waals surface area contributed by atoms with Crippen LogP contribution in [0, 0.1) is 6.92 Å². The maximum absolute atomic E-state index is 3.62. The van der Waals surface area contributed by atoms with E-state index in [0.717, 1.165) is 4.47 Å². The van der Waals surface area contributed by atoms with Gasteiger partial charge in [-0.1, -0.05) is 34.1 Å². The van der Waals surface area contributed by atoms with E-state index >= 15 is 0 Å². The molecule has 0 saturated heterocycles. The van der Waals surface area contributed by atoms with E-state index < -0.39 is 0 Å². The Hall–Kier alpha value is -0.680. The molecule has 1 N–H and O–H groups in total. The van der Waals surface area contributed by atoms with Crippen LogP contribution in [0.4, 0.5) is 0 Å². The minimum atomic E-state index is 0.230. The van der Waals surface area contributed by atoms with Crippen LogP contribution in [-0.2, 0) is 0 Å². The molecular formula is C17H15Br2NS. The van der Waals surface area contributed by atoms with E-state index in [2.05, 4.69) is 86.6 Å². The first-order chi connectivity index (χ1) is 10.1. The smallest absolute Gasteiger partial charge is 0.0731 e. The van der Waals surface area contributed by atoms with Gasteiger partial charge in [-0.15, -0.1) is 11.3 Å². The van der Waals surface area contributed by atoms with Gasteiger partial charge in [-0.05, 0) is 76.1 Å². The predicted octanol–water partition coefficient (Wildman–Crippen LogP) is 6.04. The SMILES string of the molecule is CNC(c1ccc2cc(Br)ccc2c1)c1cc(C)c(Br)s1. The lowest BCUT2D eigenvalue weighted by atomic mass is 10.0. The molecule has 0 bridgehead atoms. The van der Waals surface area contributed by atoms with Gasteiger partial charge in [0.05, 0.1) is 9.83 Å². The molecular weight excluding hydrogens is 410 g/mol. The van der Waals surface area contributed by atoms with Gasteiger partial charge in [0.2, 0.25) is 0 Å². The second-order valence-corrected chi connectivity index (χ2v) is 8.40. The first-order valence-electron chi connectivity index (χ1n) is 6.71. The lowest BCUT2D eigenvalue weighted by Gasteiger charge is -2.16. The molecule has 1 atom stereocenters. The molecule has 0 aliphatic carbocycles. The summed E-state index contributed by atoms with van der Waals surface area (Å²) in [7, 11) is 2.01. The maximum atomic E-state index is 3.62. The largest absolute Gasteiger partial charge is 0.309 e. The quantitative estimate of drug-likeness (QED) is 0.540. The van der Waals surface area contributed by atoms with Crippen LogP contribution in [0.3, 0.4) is 0 Å². The highest BCUT2D eigenvalue weighted by molar-refractivity contribution is 9.11. The molecule has 1 aromatic heterocycles. The summed E-state index contributed by atoms with van der Waals surface area (Å²) < 4.78 is 2.33. The van der Waals surface area contributed by atoms with Gasteiger partial charge in [-0.25, -0.2) is 0 Å². The van der Waals surface area contributed by atoms with Crippen LogP contribution in [-0.4, -0.2) is 7.05 Å². The van der Waals surface area contributed by atoms with Gasteiger partial charge in [0.25, 0.3) is 0 Å². The highest BCUT2D eigenvalue weighted by Crippen LogP contribution is 2.35. The Kier molecular flexibility index (Phi) is 4.50. The van der Waals surface area contributed by atoms with Crippen molar-refractivity contribution >= 4 is 54.0 Å². The number of rotatable bonds is 3. The van der Waals surface area contributed by atoms with Crippen LogP contribution in [0.5, 0.6) is 0 Å². The molecule has 2 aromatic carbocycles. The number of hydrogen-bond donors (Lipinski definition) is 1. The Balaban J connectivity index is 2.06. The number of benzene rings is 2. The van der Waals surface area contributed by atoms with Crippen molar-refractivity contribution in [2.45, 2.75) is 13.0 Å². The van der Waals surface area contributed by atoms with Crippen LogP contribution < -0.4 is 5.32 Å². The fourth-order valence-electron chi connectivity index (χ4n) is 2.51. The minimum Gasteiger partial charge on any atom is -0.309 e. The van der Waals surface area contributed by atoms with Gasteiger partial charge >= 0.3 is 0 Å². The standard InChI is InChI=1S/C17H15Br2NS/c1-10-7-15(21-17(10)19)16(20-2)13-4-3-12-9-14(18)6-5-11(12)8-13/h3-9,16,20H,1-2H3. The zero-order valence-electron chi connectivity index (χ0n) is 11.8. The first-order valence-corrected chi connectivity index (χ1v) is 9.11. The van der Waals surface area contributed by atoms with E-state index in [4.69, 9.17) is 0 Å². The Bertz CT molecular complexity index is 775. The van der Waals surface area contributed by atoms with Gasteiger partial charge in [0, 0.05) is 9.35 Å². The molecule has 1 unspecified atom stereocenters. The van der Waals surface area contributed by atoms with Gasteiger partial charge in [0.15, 0.2) is 0 Å². The van der Waals surface area contributed by atoms with Crippen molar-refractivity contribution in [1.29, 1.82) is 0 Å². The van der Waals surface area contributed by atoms with E-state index in [-0.39, 0.29) is 6.04 Å². The van der Waals surface area contributed by atoms with Crippen molar-refractivity contribution in [2.24, 2.45) is 0 Å². The van der Waals surface area contributed by atoms with Crippen molar-refractivity contribution in [3.05, 3.63) is 66.7 Å². The summed E-state index contributed by atoms with van der Waals surface area (Å²) in [5, 5.41) is 5.95. The van der Waals surface area contributed by atoms with Crippen LogP contribution in [0.15, 0.2) is 50.7 Å². The predicted molar refractivity (Wildman–Crippen MR) is 99.3 cm³/mol. The fraction of sp³-hybridized carbons (Fsp3) is 0.176. The van der Waals surface area contributed by atoms with Crippen molar-refractivity contribution in [3.8, 4) is 0 Å². The summed E-state index contributed by atoms with van der Waals surface area (Å²) in [5.74, 6) is 0. The van der Waals surface area contributed by atoms with Crippen LogP contribution >= 0.6 is 43.2 Å². The summed E-state index contributed by atoms with van der Waals surface area (Å²) in [4.78, 5) is 1.33. The number of thiophene rings is 1. The van der Waals surface area contributed by atoms with Gasteiger partial charge in [-0.3, -0.25) is 0 Å². The summed E-state index contributed by atoms with van der Waals surface area (Å²) >= 11 is 8.94. The third kappa shape index (κ3) is 3.09. The lowest BCUT2D eigenvalue weighted by molar-refractivity contribution is 0.704. The molecule has 0 radical (unpaired) electrons. The highest BCUT2D eigenvalue weighted by Gasteiger charge is 2.16. The molecule has 3 rings (SSSR count). The number of nitrogens with one attached hydrogen (secondary N) is 1. The average Bonchev–Trinajstić information content (AvgIpc) is 2.79. The molecule has 0 amide bonds. The highest BCUT2D eigenvalue weighted by atomic mass is 79.9. The molecule has 21 heavy (non-hydrogen) atoms. The number of aryl methyl sites for hydroxylation is 1. The third-order valence-corrected chi connectivity index (χ3v) is 6.30. The van der Waals surface area contributed by atoms with E-state index in [0.29, 0.717) is 0 Å².